The first-order valence-electron chi connectivity index (χ1n) is 7.43. The molecule has 114 valence electrons. The molecule has 1 aliphatic heterocycles. The largest absolute Gasteiger partial charge is 0.497 e. The smallest absolute Gasteiger partial charge is 0.194 e. The predicted molar refractivity (Wildman–Crippen MR) is 88.8 cm³/mol. The summed E-state index contributed by atoms with van der Waals surface area (Å²) >= 11 is 0. The number of hydrogen-bond acceptors (Lipinski definition) is 4. The molecule has 1 heterocycles. The Kier molecular flexibility index (Phi) is 2.98. The molecule has 4 heteroatoms. The molecule has 0 saturated heterocycles. The number of rotatable bonds is 2. The van der Waals surface area contributed by atoms with Crippen LogP contribution in [-0.4, -0.2) is 12.9 Å². The lowest BCUT2D eigenvalue weighted by molar-refractivity contribution is 0.102. The fourth-order valence-electron chi connectivity index (χ4n) is 3.22. The number of carbonyl (C=O) groups is 1. The highest BCUT2D eigenvalue weighted by Gasteiger charge is 2.38. The molecule has 0 radical (unpaired) electrons. The minimum Gasteiger partial charge on any atom is -0.497 e. The van der Waals surface area contributed by atoms with Crippen molar-refractivity contribution in [3.05, 3.63) is 83.2 Å². The van der Waals surface area contributed by atoms with Gasteiger partial charge in [-0.1, -0.05) is 43.0 Å². The number of nitrogens with one attached hydrogen (secondary N) is 2. The van der Waals surface area contributed by atoms with Gasteiger partial charge in [-0.15, -0.1) is 0 Å². The maximum atomic E-state index is 12.9. The van der Waals surface area contributed by atoms with Crippen molar-refractivity contribution < 1.29 is 9.53 Å². The van der Waals surface area contributed by atoms with E-state index in [2.05, 4.69) is 17.2 Å². The number of Topliss-reactive ketones (excluding diaryl/α,β-unsaturated/α-hetero) is 1. The molecule has 4 rings (SSSR count). The van der Waals surface area contributed by atoms with Crippen LogP contribution in [0.1, 0.15) is 27.5 Å². The molecule has 2 aliphatic rings. The number of fused-ring (bicyclic) bond motifs is 2. The Morgan fingerprint density at radius 2 is 1.87 bits per heavy atom. The summed E-state index contributed by atoms with van der Waals surface area (Å²) in [6.45, 7) is 3.99. The first-order valence-corrected chi connectivity index (χ1v) is 7.43. The van der Waals surface area contributed by atoms with Crippen molar-refractivity contribution in [1.82, 2.24) is 10.6 Å². The molecular formula is C19H16N2O2. The molecule has 1 atom stereocenters. The molecule has 0 saturated carbocycles. The highest BCUT2D eigenvalue weighted by molar-refractivity contribution is 6.21. The molecule has 1 unspecified atom stereocenters. The van der Waals surface area contributed by atoms with Crippen molar-refractivity contribution in [2.45, 2.75) is 6.04 Å². The van der Waals surface area contributed by atoms with Crippen LogP contribution in [0.3, 0.4) is 0 Å². The summed E-state index contributed by atoms with van der Waals surface area (Å²) in [4.78, 5) is 12.9. The van der Waals surface area contributed by atoms with Gasteiger partial charge in [-0.2, -0.15) is 0 Å². The van der Waals surface area contributed by atoms with Gasteiger partial charge in [0.1, 0.15) is 5.75 Å². The topological polar surface area (TPSA) is 50.4 Å². The van der Waals surface area contributed by atoms with Crippen LogP contribution in [-0.2, 0) is 0 Å². The van der Waals surface area contributed by atoms with E-state index in [1.54, 1.807) is 7.11 Å². The Labute approximate surface area is 134 Å². The van der Waals surface area contributed by atoms with Crippen LogP contribution < -0.4 is 15.4 Å². The van der Waals surface area contributed by atoms with E-state index in [-0.39, 0.29) is 11.8 Å². The zero-order valence-electron chi connectivity index (χ0n) is 12.7. The van der Waals surface area contributed by atoms with E-state index in [1.807, 2.05) is 48.5 Å². The monoisotopic (exact) mass is 304 g/mol. The van der Waals surface area contributed by atoms with E-state index in [0.717, 1.165) is 33.7 Å². The zero-order chi connectivity index (χ0) is 16.0. The van der Waals surface area contributed by atoms with Gasteiger partial charge in [0.25, 0.3) is 0 Å². The fraction of sp³-hybridized carbons (Fsp3) is 0.105. The lowest BCUT2D eigenvalue weighted by Gasteiger charge is -2.29. The maximum Gasteiger partial charge on any atom is 0.194 e. The van der Waals surface area contributed by atoms with Crippen LogP contribution in [0.25, 0.3) is 5.70 Å². The van der Waals surface area contributed by atoms with Crippen LogP contribution >= 0.6 is 0 Å². The minimum atomic E-state index is -0.242. The van der Waals surface area contributed by atoms with Crippen LogP contribution in [0, 0.1) is 0 Å². The predicted octanol–water partition coefficient (Wildman–Crippen LogP) is 3.01. The average Bonchev–Trinajstić information content (AvgIpc) is 2.87. The minimum absolute atomic E-state index is 0.0518. The number of methoxy groups -OCH3 is 1. The molecule has 0 spiro atoms. The number of benzene rings is 2. The van der Waals surface area contributed by atoms with Gasteiger partial charge < -0.3 is 15.4 Å². The Morgan fingerprint density at radius 3 is 2.65 bits per heavy atom. The number of ether oxygens (including phenoxy) is 1. The summed E-state index contributed by atoms with van der Waals surface area (Å²) in [6.07, 6.45) is 0. The Bertz CT molecular complexity index is 867. The second-order valence-electron chi connectivity index (χ2n) is 5.62. The van der Waals surface area contributed by atoms with Crippen molar-refractivity contribution >= 4 is 11.5 Å². The first-order chi connectivity index (χ1) is 11.2. The maximum absolute atomic E-state index is 12.9. The highest BCUT2D eigenvalue weighted by atomic mass is 16.5. The average molecular weight is 304 g/mol. The third-order valence-electron chi connectivity index (χ3n) is 4.27. The summed E-state index contributed by atoms with van der Waals surface area (Å²) < 4.78 is 5.31. The van der Waals surface area contributed by atoms with Gasteiger partial charge in [-0.25, -0.2) is 0 Å². The van der Waals surface area contributed by atoms with Crippen molar-refractivity contribution in [3.63, 3.8) is 0 Å². The molecule has 0 fully saturated rings. The normalized spacial score (nSPS) is 18.9. The van der Waals surface area contributed by atoms with Crippen LogP contribution in [0.15, 0.2) is 66.5 Å². The molecule has 4 nitrogen and oxygen atoms in total. The van der Waals surface area contributed by atoms with Crippen molar-refractivity contribution in [2.75, 3.05) is 7.11 Å². The van der Waals surface area contributed by atoms with E-state index in [9.17, 15) is 4.79 Å². The Morgan fingerprint density at radius 1 is 1.09 bits per heavy atom. The van der Waals surface area contributed by atoms with Gasteiger partial charge in [-0.05, 0) is 17.7 Å². The highest BCUT2D eigenvalue weighted by Crippen LogP contribution is 2.41. The van der Waals surface area contributed by atoms with Gasteiger partial charge >= 0.3 is 0 Å². The molecule has 0 bridgehead atoms. The van der Waals surface area contributed by atoms with E-state index in [4.69, 9.17) is 4.74 Å². The molecular weight excluding hydrogens is 288 g/mol. The van der Waals surface area contributed by atoms with Crippen molar-refractivity contribution in [3.8, 4) is 5.75 Å². The summed E-state index contributed by atoms with van der Waals surface area (Å²) in [7, 11) is 1.63. The quantitative estimate of drug-likeness (QED) is 0.895. The molecule has 0 amide bonds. The van der Waals surface area contributed by atoms with Gasteiger partial charge in [0.05, 0.1) is 30.2 Å². The molecule has 2 N–H and O–H groups in total. The molecule has 2 aromatic carbocycles. The lowest BCUT2D eigenvalue weighted by Crippen LogP contribution is -2.36. The van der Waals surface area contributed by atoms with Crippen molar-refractivity contribution in [2.24, 2.45) is 0 Å². The summed E-state index contributed by atoms with van der Waals surface area (Å²) in [6, 6.07) is 15.2. The fourth-order valence-corrected chi connectivity index (χ4v) is 3.22. The standard InChI is InChI=1S/C19H16N2O2/c1-11-20-17(12-6-5-7-13(10-12)23-2)16-18(21-11)14-8-3-4-9-15(14)19(16)22/h3-10,17,20-21H,1H2,2H3. The number of hydrogen-bond donors (Lipinski definition) is 2. The Hall–Kier alpha value is -3.01. The van der Waals surface area contributed by atoms with Gasteiger partial charge in [0, 0.05) is 11.1 Å². The number of ketones is 1. The van der Waals surface area contributed by atoms with Crippen LogP contribution in [0.2, 0.25) is 0 Å². The van der Waals surface area contributed by atoms with Gasteiger partial charge in [0.15, 0.2) is 5.78 Å². The van der Waals surface area contributed by atoms with Gasteiger partial charge in [-0.3, -0.25) is 4.79 Å². The summed E-state index contributed by atoms with van der Waals surface area (Å²) in [5.41, 5.74) is 4.21. The third kappa shape index (κ3) is 2.03. The lowest BCUT2D eigenvalue weighted by atomic mass is 9.94. The van der Waals surface area contributed by atoms with Crippen LogP contribution in [0.4, 0.5) is 0 Å². The first kappa shape index (κ1) is 13.6. The van der Waals surface area contributed by atoms with E-state index in [1.165, 1.54) is 0 Å². The molecule has 2 aromatic rings. The van der Waals surface area contributed by atoms with Crippen LogP contribution in [0.5, 0.6) is 5.75 Å². The molecule has 1 aliphatic carbocycles. The van der Waals surface area contributed by atoms with Gasteiger partial charge in [0.2, 0.25) is 0 Å². The summed E-state index contributed by atoms with van der Waals surface area (Å²) in [5.74, 6) is 1.50. The van der Waals surface area contributed by atoms with E-state index >= 15 is 0 Å². The SMILES string of the molecule is C=C1NC2=C(C(=O)c3ccccc32)C(c2cccc(OC)c2)N1. The second-order valence-corrected chi connectivity index (χ2v) is 5.62. The second kappa shape index (κ2) is 5.02. The molecule has 23 heavy (non-hydrogen) atoms. The Balaban J connectivity index is 1.87. The summed E-state index contributed by atoms with van der Waals surface area (Å²) in [5, 5.41) is 6.50. The van der Waals surface area contributed by atoms with Crippen molar-refractivity contribution in [1.29, 1.82) is 0 Å². The zero-order valence-corrected chi connectivity index (χ0v) is 12.7. The molecule has 0 aromatic heterocycles. The van der Waals surface area contributed by atoms with E-state index in [0.29, 0.717) is 5.82 Å². The third-order valence-corrected chi connectivity index (χ3v) is 4.27. The van der Waals surface area contributed by atoms with E-state index < -0.39 is 0 Å². The number of carbonyl (C=O) groups excluding carboxylic acids is 1.